The summed E-state index contributed by atoms with van der Waals surface area (Å²) in [4.78, 5) is 26.2. The van der Waals surface area contributed by atoms with Crippen LogP contribution in [0.15, 0.2) is 72.8 Å². The molecule has 0 radical (unpaired) electrons. The first-order valence-corrected chi connectivity index (χ1v) is 13.1. The van der Waals surface area contributed by atoms with Gasteiger partial charge in [-0.1, -0.05) is 105 Å². The predicted molar refractivity (Wildman–Crippen MR) is 149 cm³/mol. The third-order valence-corrected chi connectivity index (χ3v) is 6.33. The lowest BCUT2D eigenvalue weighted by atomic mass is 9.97. The van der Waals surface area contributed by atoms with Crippen molar-refractivity contribution < 1.29 is 19.4 Å². The maximum Gasteiger partial charge on any atom is 0.321 e. The van der Waals surface area contributed by atoms with Gasteiger partial charge in [-0.05, 0) is 29.5 Å². The zero-order valence-corrected chi connectivity index (χ0v) is 21.9. The number of rotatable bonds is 14. The van der Waals surface area contributed by atoms with Gasteiger partial charge in [0.15, 0.2) is 5.75 Å². The molecule has 6 nitrogen and oxygen atoms in total. The molecule has 6 heteroatoms. The highest BCUT2D eigenvalue weighted by Gasteiger charge is 2.23. The Hall–Kier alpha value is -3.80. The molecule has 3 aromatic carbocycles. The highest BCUT2D eigenvalue weighted by Crippen LogP contribution is 2.42. The van der Waals surface area contributed by atoms with Crippen LogP contribution in [0.3, 0.4) is 0 Å². The Balaban J connectivity index is 1.96. The minimum absolute atomic E-state index is 0.0390. The number of hydrogen-bond donors (Lipinski definition) is 2. The summed E-state index contributed by atoms with van der Waals surface area (Å²) in [5, 5.41) is 12.4. The molecule has 0 aromatic heterocycles. The van der Waals surface area contributed by atoms with E-state index in [1.54, 1.807) is 11.9 Å². The van der Waals surface area contributed by atoms with Gasteiger partial charge in [0.25, 0.3) is 0 Å². The number of carbonyl (C=O) groups excluding carboxylic acids is 1. The monoisotopic (exact) mass is 502 g/mol. The van der Waals surface area contributed by atoms with Crippen molar-refractivity contribution in [2.45, 2.75) is 58.5 Å². The Morgan fingerprint density at radius 1 is 0.892 bits per heavy atom. The number of aliphatic carboxylic acids is 1. The van der Waals surface area contributed by atoms with Crippen LogP contribution in [0.5, 0.6) is 5.75 Å². The topological polar surface area (TPSA) is 78.9 Å². The molecule has 0 aliphatic heterocycles. The van der Waals surface area contributed by atoms with Crippen LogP contribution >= 0.6 is 0 Å². The van der Waals surface area contributed by atoms with Gasteiger partial charge in [0, 0.05) is 25.6 Å². The summed E-state index contributed by atoms with van der Waals surface area (Å²) in [6.45, 7) is 3.10. The molecule has 3 aromatic rings. The van der Waals surface area contributed by atoms with E-state index < -0.39 is 5.97 Å². The number of carboxylic acid groups (broad SMARTS) is 1. The number of benzene rings is 3. The summed E-state index contributed by atoms with van der Waals surface area (Å²) in [5.74, 6) is -0.317. The lowest BCUT2D eigenvalue weighted by Gasteiger charge is -2.26. The van der Waals surface area contributed by atoms with Gasteiger partial charge >= 0.3 is 12.0 Å². The molecule has 37 heavy (non-hydrogen) atoms. The van der Waals surface area contributed by atoms with Crippen molar-refractivity contribution in [2.24, 2.45) is 0 Å². The van der Waals surface area contributed by atoms with E-state index in [0.717, 1.165) is 41.5 Å². The second-order valence-corrected chi connectivity index (χ2v) is 9.19. The van der Waals surface area contributed by atoms with Gasteiger partial charge in [0.2, 0.25) is 0 Å². The third-order valence-electron chi connectivity index (χ3n) is 6.33. The van der Waals surface area contributed by atoms with Gasteiger partial charge in [0.05, 0.1) is 5.69 Å². The van der Waals surface area contributed by atoms with Crippen LogP contribution in [0.25, 0.3) is 11.1 Å². The van der Waals surface area contributed by atoms with Crippen LogP contribution < -0.4 is 15.0 Å². The van der Waals surface area contributed by atoms with Gasteiger partial charge in [-0.15, -0.1) is 0 Å². The van der Waals surface area contributed by atoms with E-state index >= 15 is 0 Å². The summed E-state index contributed by atoms with van der Waals surface area (Å²) < 4.78 is 6.43. The number of ether oxygens (including phenoxy) is 1. The number of carboxylic acids is 1. The fourth-order valence-electron chi connectivity index (χ4n) is 4.29. The molecule has 0 heterocycles. The van der Waals surface area contributed by atoms with Gasteiger partial charge in [-0.25, -0.2) is 4.79 Å². The van der Waals surface area contributed by atoms with Gasteiger partial charge in [0.1, 0.15) is 6.61 Å². The normalized spacial score (nSPS) is 10.6. The van der Waals surface area contributed by atoms with E-state index in [4.69, 9.17) is 4.74 Å². The predicted octanol–water partition coefficient (Wildman–Crippen LogP) is 7.07. The molecule has 196 valence electrons. The molecule has 0 bridgehead atoms. The smallest absolute Gasteiger partial charge is 0.321 e. The second-order valence-electron chi connectivity index (χ2n) is 9.19. The molecule has 0 spiro atoms. The molecular weight excluding hydrogens is 464 g/mol. The number of amides is 2. The molecule has 2 N–H and O–H groups in total. The Kier molecular flexibility index (Phi) is 11.0. The number of anilines is 1. The molecule has 0 unspecified atom stereocenters. The van der Waals surface area contributed by atoms with Crippen molar-refractivity contribution in [3.63, 3.8) is 0 Å². The Bertz CT molecular complexity index is 1130. The van der Waals surface area contributed by atoms with Crippen molar-refractivity contribution in [3.8, 4) is 16.9 Å². The van der Waals surface area contributed by atoms with Crippen LogP contribution in [0, 0.1) is 0 Å². The van der Waals surface area contributed by atoms with Crippen LogP contribution in [0.2, 0.25) is 0 Å². The molecule has 2 amide bonds. The number of nitrogens with zero attached hydrogens (tertiary/aromatic N) is 1. The van der Waals surface area contributed by atoms with E-state index in [1.165, 1.54) is 12.8 Å². The lowest BCUT2D eigenvalue weighted by molar-refractivity contribution is -0.136. The zero-order chi connectivity index (χ0) is 26.5. The SMILES string of the molecule is CCCCCCCNC(=O)N(C)c1c(CCC(=O)O)ccc(-c2ccccc2)c1OCc1ccccc1. The molecular formula is C31H38N2O4. The Morgan fingerprint density at radius 2 is 1.57 bits per heavy atom. The maximum absolute atomic E-state index is 13.2. The average molecular weight is 503 g/mol. The Morgan fingerprint density at radius 3 is 2.24 bits per heavy atom. The van der Waals surface area contributed by atoms with Crippen LogP contribution in [-0.2, 0) is 17.8 Å². The van der Waals surface area contributed by atoms with Crippen LogP contribution in [-0.4, -0.2) is 30.7 Å². The minimum atomic E-state index is -0.885. The second kappa shape index (κ2) is 14.7. The summed E-state index contributed by atoms with van der Waals surface area (Å²) >= 11 is 0. The van der Waals surface area contributed by atoms with Crippen molar-refractivity contribution in [1.29, 1.82) is 0 Å². The first kappa shape index (κ1) is 27.8. The van der Waals surface area contributed by atoms with Crippen molar-refractivity contribution in [3.05, 3.63) is 83.9 Å². The molecule has 0 fully saturated rings. The number of aryl methyl sites for hydroxylation is 1. The minimum Gasteiger partial charge on any atom is -0.486 e. The van der Waals surface area contributed by atoms with Gasteiger partial charge < -0.3 is 15.2 Å². The molecule has 0 aliphatic carbocycles. The maximum atomic E-state index is 13.2. The van der Waals surface area contributed by atoms with E-state index in [2.05, 4.69) is 12.2 Å². The first-order valence-electron chi connectivity index (χ1n) is 13.1. The summed E-state index contributed by atoms with van der Waals surface area (Å²) in [5.41, 5.74) is 4.17. The standard InChI is InChI=1S/C31H38N2O4/c1-3-4-5-6-13-22-32-31(36)33(2)29-26(19-21-28(34)35)18-20-27(25-16-11-8-12-17-25)30(29)37-23-24-14-9-7-10-15-24/h7-12,14-18,20H,3-6,13,19,21-23H2,1-2H3,(H,32,36)(H,34,35). The summed E-state index contributed by atoms with van der Waals surface area (Å²) in [6, 6.07) is 23.4. The van der Waals surface area contributed by atoms with E-state index in [9.17, 15) is 14.7 Å². The summed E-state index contributed by atoms with van der Waals surface area (Å²) in [7, 11) is 1.72. The molecule has 3 rings (SSSR count). The number of nitrogens with one attached hydrogen (secondary N) is 1. The van der Waals surface area contributed by atoms with Crippen molar-refractivity contribution in [2.75, 3.05) is 18.5 Å². The van der Waals surface area contributed by atoms with Gasteiger partial charge in [-0.2, -0.15) is 0 Å². The highest BCUT2D eigenvalue weighted by molar-refractivity contribution is 5.96. The number of urea groups is 1. The fourth-order valence-corrected chi connectivity index (χ4v) is 4.29. The van der Waals surface area contributed by atoms with Crippen molar-refractivity contribution >= 4 is 17.7 Å². The quantitative estimate of drug-likeness (QED) is 0.231. The average Bonchev–Trinajstić information content (AvgIpc) is 2.92. The molecule has 0 saturated heterocycles. The van der Waals surface area contributed by atoms with Gasteiger partial charge in [-0.3, -0.25) is 9.69 Å². The third kappa shape index (κ3) is 8.38. The lowest BCUT2D eigenvalue weighted by Crippen LogP contribution is -2.38. The van der Waals surface area contributed by atoms with E-state index in [-0.39, 0.29) is 18.9 Å². The van der Waals surface area contributed by atoms with E-state index in [1.807, 2.05) is 72.8 Å². The van der Waals surface area contributed by atoms with E-state index in [0.29, 0.717) is 24.6 Å². The number of hydrogen-bond acceptors (Lipinski definition) is 3. The highest BCUT2D eigenvalue weighted by atomic mass is 16.5. The van der Waals surface area contributed by atoms with Crippen LogP contribution in [0.1, 0.15) is 56.6 Å². The zero-order valence-electron chi connectivity index (χ0n) is 21.9. The largest absolute Gasteiger partial charge is 0.486 e. The summed E-state index contributed by atoms with van der Waals surface area (Å²) in [6.07, 6.45) is 5.80. The molecule has 0 atom stereocenters. The van der Waals surface area contributed by atoms with Crippen LogP contribution in [0.4, 0.5) is 10.5 Å². The Labute approximate surface area is 220 Å². The molecule has 0 aliphatic rings. The number of carbonyl (C=O) groups is 2. The molecule has 0 saturated carbocycles. The number of unbranched alkanes of at least 4 members (excludes halogenated alkanes) is 4. The first-order chi connectivity index (χ1) is 18.0. The fraction of sp³-hybridized carbons (Fsp3) is 0.355. The van der Waals surface area contributed by atoms with Crippen molar-refractivity contribution in [1.82, 2.24) is 5.32 Å².